The lowest BCUT2D eigenvalue weighted by Gasteiger charge is -2.20. The summed E-state index contributed by atoms with van der Waals surface area (Å²) >= 11 is 5.82. The average Bonchev–Trinajstić information content (AvgIpc) is 2.34. The van der Waals surface area contributed by atoms with Crippen LogP contribution < -0.4 is 0 Å². The van der Waals surface area contributed by atoms with E-state index in [1.165, 1.54) is 24.9 Å². The van der Waals surface area contributed by atoms with Gasteiger partial charge in [0.15, 0.2) is 0 Å². The van der Waals surface area contributed by atoms with Crippen LogP contribution >= 0.6 is 11.6 Å². The first kappa shape index (κ1) is 13.5. The SMILES string of the molecule is CCCCN(CCCl)CCc1ccccc1. The van der Waals surface area contributed by atoms with Crippen LogP contribution in [0, 0.1) is 0 Å². The predicted molar refractivity (Wildman–Crippen MR) is 72.2 cm³/mol. The van der Waals surface area contributed by atoms with Gasteiger partial charge in [-0.2, -0.15) is 0 Å². The van der Waals surface area contributed by atoms with Crippen molar-refractivity contribution in [1.82, 2.24) is 4.90 Å². The topological polar surface area (TPSA) is 3.24 Å². The maximum atomic E-state index is 5.82. The third-order valence-corrected chi connectivity index (χ3v) is 2.96. The quantitative estimate of drug-likeness (QED) is 0.627. The maximum Gasteiger partial charge on any atom is 0.0351 e. The molecule has 0 heterocycles. The van der Waals surface area contributed by atoms with Crippen molar-refractivity contribution < 1.29 is 0 Å². The first-order chi connectivity index (χ1) is 7.86. The summed E-state index contributed by atoms with van der Waals surface area (Å²) in [6.07, 6.45) is 3.65. The minimum absolute atomic E-state index is 0.735. The van der Waals surface area contributed by atoms with Crippen LogP contribution in [0.3, 0.4) is 0 Å². The Morgan fingerprint density at radius 2 is 1.81 bits per heavy atom. The molecule has 2 heteroatoms. The van der Waals surface area contributed by atoms with Crippen LogP contribution in [-0.2, 0) is 6.42 Å². The van der Waals surface area contributed by atoms with Crippen molar-refractivity contribution in [2.75, 3.05) is 25.5 Å². The highest BCUT2D eigenvalue weighted by atomic mass is 35.5. The zero-order valence-corrected chi connectivity index (χ0v) is 10.9. The van der Waals surface area contributed by atoms with Crippen molar-refractivity contribution in [3.8, 4) is 0 Å². The molecule has 0 aliphatic heterocycles. The molecule has 0 bridgehead atoms. The third-order valence-electron chi connectivity index (χ3n) is 2.79. The van der Waals surface area contributed by atoms with E-state index in [1.54, 1.807) is 0 Å². The standard InChI is InChI=1S/C14H22ClN/c1-2-3-11-16(13-10-15)12-9-14-7-5-4-6-8-14/h4-8H,2-3,9-13H2,1H3. The summed E-state index contributed by atoms with van der Waals surface area (Å²) in [7, 11) is 0. The predicted octanol–water partition coefficient (Wildman–Crippen LogP) is 3.57. The van der Waals surface area contributed by atoms with Gasteiger partial charge in [-0.15, -0.1) is 11.6 Å². The summed E-state index contributed by atoms with van der Waals surface area (Å²) in [5, 5.41) is 0. The zero-order chi connectivity index (χ0) is 11.6. The Balaban J connectivity index is 2.31. The molecule has 0 aliphatic carbocycles. The van der Waals surface area contributed by atoms with Gasteiger partial charge in [0.1, 0.15) is 0 Å². The van der Waals surface area contributed by atoms with Crippen molar-refractivity contribution >= 4 is 11.6 Å². The van der Waals surface area contributed by atoms with Crippen molar-refractivity contribution in [3.05, 3.63) is 35.9 Å². The van der Waals surface area contributed by atoms with E-state index in [1.807, 2.05) is 0 Å². The van der Waals surface area contributed by atoms with E-state index in [4.69, 9.17) is 11.6 Å². The summed E-state index contributed by atoms with van der Waals surface area (Å²) in [6.45, 7) is 5.54. The smallest absolute Gasteiger partial charge is 0.0351 e. The van der Waals surface area contributed by atoms with Crippen LogP contribution in [0.1, 0.15) is 25.3 Å². The Labute approximate surface area is 104 Å². The van der Waals surface area contributed by atoms with Gasteiger partial charge in [0.05, 0.1) is 0 Å². The van der Waals surface area contributed by atoms with Crippen LogP contribution in [0.4, 0.5) is 0 Å². The lowest BCUT2D eigenvalue weighted by atomic mass is 10.1. The molecule has 16 heavy (non-hydrogen) atoms. The van der Waals surface area contributed by atoms with Crippen molar-refractivity contribution in [1.29, 1.82) is 0 Å². The van der Waals surface area contributed by atoms with Gasteiger partial charge in [-0.05, 0) is 24.9 Å². The molecule has 1 nitrogen and oxygen atoms in total. The maximum absolute atomic E-state index is 5.82. The normalized spacial score (nSPS) is 10.9. The fourth-order valence-corrected chi connectivity index (χ4v) is 2.01. The summed E-state index contributed by atoms with van der Waals surface area (Å²) in [6, 6.07) is 10.7. The van der Waals surface area contributed by atoms with Gasteiger partial charge in [0, 0.05) is 19.0 Å². The van der Waals surface area contributed by atoms with E-state index in [0.717, 1.165) is 25.4 Å². The number of hydrogen-bond donors (Lipinski definition) is 0. The Morgan fingerprint density at radius 1 is 1.06 bits per heavy atom. The number of alkyl halides is 1. The number of rotatable bonds is 8. The fraction of sp³-hybridized carbons (Fsp3) is 0.571. The van der Waals surface area contributed by atoms with Crippen molar-refractivity contribution in [3.63, 3.8) is 0 Å². The molecule has 1 rings (SSSR count). The molecule has 1 aromatic carbocycles. The molecular weight excluding hydrogens is 218 g/mol. The Bertz CT molecular complexity index is 261. The number of halogens is 1. The second-order valence-corrected chi connectivity index (χ2v) is 4.50. The van der Waals surface area contributed by atoms with Crippen LogP contribution in [0.2, 0.25) is 0 Å². The van der Waals surface area contributed by atoms with Crippen LogP contribution in [0.15, 0.2) is 30.3 Å². The summed E-state index contributed by atoms with van der Waals surface area (Å²) in [4.78, 5) is 2.46. The van der Waals surface area contributed by atoms with E-state index in [9.17, 15) is 0 Å². The molecule has 0 unspecified atom stereocenters. The molecule has 0 spiro atoms. The summed E-state index contributed by atoms with van der Waals surface area (Å²) < 4.78 is 0. The molecule has 0 atom stereocenters. The molecule has 0 aromatic heterocycles. The van der Waals surface area contributed by atoms with Crippen LogP contribution in [0.25, 0.3) is 0 Å². The fourth-order valence-electron chi connectivity index (χ4n) is 1.77. The highest BCUT2D eigenvalue weighted by Gasteiger charge is 2.03. The van der Waals surface area contributed by atoms with E-state index < -0.39 is 0 Å². The van der Waals surface area contributed by atoms with Gasteiger partial charge >= 0.3 is 0 Å². The highest BCUT2D eigenvalue weighted by Crippen LogP contribution is 2.03. The second kappa shape index (κ2) is 8.60. The first-order valence-corrected chi connectivity index (χ1v) is 6.72. The molecule has 0 radical (unpaired) electrons. The van der Waals surface area contributed by atoms with Gasteiger partial charge < -0.3 is 4.90 Å². The number of unbranched alkanes of at least 4 members (excludes halogenated alkanes) is 1. The highest BCUT2D eigenvalue weighted by molar-refractivity contribution is 6.18. The minimum atomic E-state index is 0.735. The monoisotopic (exact) mass is 239 g/mol. The van der Waals surface area contributed by atoms with E-state index in [-0.39, 0.29) is 0 Å². The lowest BCUT2D eigenvalue weighted by molar-refractivity contribution is 0.288. The Kier molecular flexibility index (Phi) is 7.28. The average molecular weight is 240 g/mol. The molecule has 90 valence electrons. The molecular formula is C14H22ClN. The van der Waals surface area contributed by atoms with Crippen molar-refractivity contribution in [2.24, 2.45) is 0 Å². The minimum Gasteiger partial charge on any atom is -0.302 e. The molecule has 0 saturated heterocycles. The molecule has 0 N–H and O–H groups in total. The third kappa shape index (κ3) is 5.53. The summed E-state index contributed by atoms with van der Waals surface area (Å²) in [5.41, 5.74) is 1.42. The van der Waals surface area contributed by atoms with E-state index in [0.29, 0.717) is 0 Å². The molecule has 0 fully saturated rings. The number of nitrogens with zero attached hydrogens (tertiary/aromatic N) is 1. The van der Waals surface area contributed by atoms with Crippen LogP contribution in [-0.4, -0.2) is 30.4 Å². The molecule has 0 amide bonds. The number of hydrogen-bond acceptors (Lipinski definition) is 1. The Morgan fingerprint density at radius 3 is 2.44 bits per heavy atom. The van der Waals surface area contributed by atoms with Crippen molar-refractivity contribution in [2.45, 2.75) is 26.2 Å². The second-order valence-electron chi connectivity index (χ2n) is 4.12. The molecule has 1 aromatic rings. The molecule has 0 aliphatic rings. The van der Waals surface area contributed by atoms with Gasteiger partial charge in [-0.25, -0.2) is 0 Å². The summed E-state index contributed by atoms with van der Waals surface area (Å²) in [5.74, 6) is 0.735. The van der Waals surface area contributed by atoms with Gasteiger partial charge in [-0.3, -0.25) is 0 Å². The van der Waals surface area contributed by atoms with Gasteiger partial charge in [-0.1, -0.05) is 43.7 Å². The van der Waals surface area contributed by atoms with Gasteiger partial charge in [0.2, 0.25) is 0 Å². The van der Waals surface area contributed by atoms with Gasteiger partial charge in [0.25, 0.3) is 0 Å². The van der Waals surface area contributed by atoms with Crippen LogP contribution in [0.5, 0.6) is 0 Å². The lowest BCUT2D eigenvalue weighted by Crippen LogP contribution is -2.29. The van der Waals surface area contributed by atoms with E-state index in [2.05, 4.69) is 42.2 Å². The number of benzene rings is 1. The molecule has 0 saturated carbocycles. The first-order valence-electron chi connectivity index (χ1n) is 6.19. The zero-order valence-electron chi connectivity index (χ0n) is 10.2. The Hall–Kier alpha value is -0.530. The largest absolute Gasteiger partial charge is 0.302 e. The van der Waals surface area contributed by atoms with E-state index >= 15 is 0 Å².